The molecular weight excluding hydrogens is 226 g/mol. The molecule has 0 amide bonds. The van der Waals surface area contributed by atoms with Crippen LogP contribution in [0.25, 0.3) is 0 Å². The molecule has 2 rings (SSSR count). The van der Waals surface area contributed by atoms with Crippen LogP contribution in [0, 0.1) is 0 Å². The van der Waals surface area contributed by atoms with Crippen molar-refractivity contribution in [3.63, 3.8) is 0 Å². The van der Waals surface area contributed by atoms with Crippen LogP contribution in [0.1, 0.15) is 33.1 Å². The molecule has 2 saturated heterocycles. The van der Waals surface area contributed by atoms with Crippen molar-refractivity contribution in [2.75, 3.05) is 45.8 Å². The van der Waals surface area contributed by atoms with Crippen molar-refractivity contribution in [1.29, 1.82) is 0 Å². The lowest BCUT2D eigenvalue weighted by molar-refractivity contribution is 0.00990. The highest BCUT2D eigenvalue weighted by Crippen LogP contribution is 2.16. The lowest BCUT2D eigenvalue weighted by atomic mass is 10.1. The second kappa shape index (κ2) is 6.33. The van der Waals surface area contributed by atoms with E-state index in [1.807, 2.05) is 13.8 Å². The number of aliphatic hydroxyl groups is 1. The van der Waals surface area contributed by atoms with Crippen molar-refractivity contribution < 1.29 is 5.11 Å². The third kappa shape index (κ3) is 4.50. The lowest BCUT2D eigenvalue weighted by Crippen LogP contribution is -2.53. The molecule has 0 radical (unpaired) electrons. The van der Waals surface area contributed by atoms with E-state index in [-0.39, 0.29) is 0 Å². The van der Waals surface area contributed by atoms with Crippen LogP contribution in [0.2, 0.25) is 0 Å². The molecule has 4 nitrogen and oxygen atoms in total. The predicted molar refractivity (Wildman–Crippen MR) is 74.8 cm³/mol. The Morgan fingerprint density at radius 2 is 1.83 bits per heavy atom. The zero-order chi connectivity index (χ0) is 13.0. The van der Waals surface area contributed by atoms with E-state index in [0.717, 1.165) is 25.7 Å². The minimum atomic E-state index is -0.561. The molecule has 4 heteroatoms. The van der Waals surface area contributed by atoms with Crippen molar-refractivity contribution in [2.45, 2.75) is 44.8 Å². The first-order chi connectivity index (χ1) is 8.54. The largest absolute Gasteiger partial charge is 0.389 e. The molecule has 2 aliphatic rings. The molecular formula is C14H29N3O. The summed E-state index contributed by atoms with van der Waals surface area (Å²) in [7, 11) is 0. The number of nitrogens with one attached hydrogen (secondary N) is 1. The number of nitrogens with zero attached hydrogens (tertiary/aromatic N) is 2. The van der Waals surface area contributed by atoms with Gasteiger partial charge in [0.05, 0.1) is 5.60 Å². The molecule has 0 saturated carbocycles. The third-order valence-electron chi connectivity index (χ3n) is 4.08. The van der Waals surface area contributed by atoms with E-state index in [1.54, 1.807) is 0 Å². The molecule has 0 aliphatic carbocycles. The Morgan fingerprint density at radius 3 is 2.50 bits per heavy atom. The van der Waals surface area contributed by atoms with Crippen molar-refractivity contribution in [2.24, 2.45) is 0 Å². The molecule has 106 valence electrons. The number of hydrogen-bond acceptors (Lipinski definition) is 4. The summed E-state index contributed by atoms with van der Waals surface area (Å²) >= 11 is 0. The van der Waals surface area contributed by atoms with Gasteiger partial charge in [-0.25, -0.2) is 0 Å². The normalized spacial score (nSPS) is 29.2. The van der Waals surface area contributed by atoms with E-state index >= 15 is 0 Å². The number of hydrogen-bond donors (Lipinski definition) is 2. The maximum atomic E-state index is 9.86. The summed E-state index contributed by atoms with van der Waals surface area (Å²) in [4.78, 5) is 5.05. The highest BCUT2D eigenvalue weighted by atomic mass is 16.3. The van der Waals surface area contributed by atoms with Crippen LogP contribution < -0.4 is 5.32 Å². The van der Waals surface area contributed by atoms with Crippen molar-refractivity contribution >= 4 is 0 Å². The molecule has 0 bridgehead atoms. The smallest absolute Gasteiger partial charge is 0.0718 e. The van der Waals surface area contributed by atoms with Gasteiger partial charge in [0.25, 0.3) is 0 Å². The average Bonchev–Trinajstić information content (AvgIpc) is 2.56. The fourth-order valence-electron chi connectivity index (χ4n) is 3.20. The van der Waals surface area contributed by atoms with E-state index in [4.69, 9.17) is 0 Å². The lowest BCUT2D eigenvalue weighted by Gasteiger charge is -2.40. The number of piperazine rings is 1. The Labute approximate surface area is 111 Å². The summed E-state index contributed by atoms with van der Waals surface area (Å²) in [6, 6.07) is 0.782. The Bertz CT molecular complexity index is 236. The van der Waals surface area contributed by atoms with Gasteiger partial charge < -0.3 is 10.4 Å². The van der Waals surface area contributed by atoms with Crippen LogP contribution in [-0.4, -0.2) is 72.4 Å². The molecule has 2 heterocycles. The number of rotatable bonds is 3. The van der Waals surface area contributed by atoms with Crippen LogP contribution in [0.15, 0.2) is 0 Å². The summed E-state index contributed by atoms with van der Waals surface area (Å²) in [5, 5.41) is 13.3. The summed E-state index contributed by atoms with van der Waals surface area (Å²) in [5.41, 5.74) is -0.561. The van der Waals surface area contributed by atoms with E-state index in [0.29, 0.717) is 0 Å². The molecule has 1 atom stereocenters. The Balaban J connectivity index is 1.75. The van der Waals surface area contributed by atoms with Crippen molar-refractivity contribution in [1.82, 2.24) is 15.1 Å². The quantitative estimate of drug-likeness (QED) is 0.771. The van der Waals surface area contributed by atoms with E-state index in [9.17, 15) is 5.11 Å². The molecule has 2 N–H and O–H groups in total. The van der Waals surface area contributed by atoms with E-state index in [1.165, 1.54) is 45.4 Å². The van der Waals surface area contributed by atoms with E-state index < -0.39 is 5.60 Å². The van der Waals surface area contributed by atoms with Gasteiger partial charge in [0, 0.05) is 38.8 Å². The zero-order valence-corrected chi connectivity index (χ0v) is 12.0. The van der Waals surface area contributed by atoms with Gasteiger partial charge in [-0.05, 0) is 46.2 Å². The third-order valence-corrected chi connectivity index (χ3v) is 4.08. The van der Waals surface area contributed by atoms with Gasteiger partial charge in [-0.3, -0.25) is 9.80 Å². The monoisotopic (exact) mass is 255 g/mol. The molecule has 0 aromatic heterocycles. The summed E-state index contributed by atoms with van der Waals surface area (Å²) < 4.78 is 0. The van der Waals surface area contributed by atoms with Gasteiger partial charge in [0.15, 0.2) is 0 Å². The molecule has 18 heavy (non-hydrogen) atoms. The van der Waals surface area contributed by atoms with Crippen LogP contribution >= 0.6 is 0 Å². The average molecular weight is 255 g/mol. The fourth-order valence-corrected chi connectivity index (χ4v) is 3.20. The SMILES string of the molecule is CC(C)(O)CN1CCN(C2CCCNCC2)CC1. The molecule has 0 aromatic rings. The highest BCUT2D eigenvalue weighted by Gasteiger charge is 2.26. The van der Waals surface area contributed by atoms with E-state index in [2.05, 4.69) is 15.1 Å². The predicted octanol–water partition coefficient (Wildman–Crippen LogP) is 0.517. The first-order valence-electron chi connectivity index (χ1n) is 7.44. The highest BCUT2D eigenvalue weighted by molar-refractivity contribution is 4.83. The number of β-amino-alcohol motifs (C(OH)–C–C–N with tert-alkyl or cyclic N) is 1. The summed E-state index contributed by atoms with van der Waals surface area (Å²) in [6.07, 6.45) is 3.96. The standard InChI is InChI=1S/C14H29N3O/c1-14(2,18)12-16-8-10-17(11-9-16)13-4-3-6-15-7-5-13/h13,15,18H,3-12H2,1-2H3. The first-order valence-corrected chi connectivity index (χ1v) is 7.44. The first kappa shape index (κ1) is 14.3. The van der Waals surface area contributed by atoms with Crippen LogP contribution in [0.5, 0.6) is 0 Å². The van der Waals surface area contributed by atoms with Gasteiger partial charge in [0.2, 0.25) is 0 Å². The second-order valence-corrected chi connectivity index (χ2v) is 6.46. The molecule has 0 aromatic carbocycles. The zero-order valence-electron chi connectivity index (χ0n) is 12.0. The minimum Gasteiger partial charge on any atom is -0.389 e. The Morgan fingerprint density at radius 1 is 1.11 bits per heavy atom. The summed E-state index contributed by atoms with van der Waals surface area (Å²) in [5.74, 6) is 0. The molecule has 2 fully saturated rings. The fraction of sp³-hybridized carbons (Fsp3) is 1.00. The van der Waals surface area contributed by atoms with Gasteiger partial charge in [-0.2, -0.15) is 0 Å². The maximum absolute atomic E-state index is 9.86. The maximum Gasteiger partial charge on any atom is 0.0718 e. The van der Waals surface area contributed by atoms with Gasteiger partial charge >= 0.3 is 0 Å². The summed E-state index contributed by atoms with van der Waals surface area (Å²) in [6.45, 7) is 11.5. The molecule has 1 unspecified atom stereocenters. The molecule has 0 spiro atoms. The van der Waals surface area contributed by atoms with Crippen molar-refractivity contribution in [3.8, 4) is 0 Å². The van der Waals surface area contributed by atoms with Crippen LogP contribution in [0.3, 0.4) is 0 Å². The topological polar surface area (TPSA) is 38.7 Å². The Hall–Kier alpha value is -0.160. The van der Waals surface area contributed by atoms with Gasteiger partial charge in [-0.1, -0.05) is 0 Å². The van der Waals surface area contributed by atoms with Crippen LogP contribution in [0.4, 0.5) is 0 Å². The van der Waals surface area contributed by atoms with Crippen LogP contribution in [-0.2, 0) is 0 Å². The molecule has 2 aliphatic heterocycles. The van der Waals surface area contributed by atoms with Crippen molar-refractivity contribution in [3.05, 3.63) is 0 Å². The van der Waals surface area contributed by atoms with Gasteiger partial charge in [-0.15, -0.1) is 0 Å². The minimum absolute atomic E-state index is 0.561. The Kier molecular flexibility index (Phi) is 5.01. The van der Waals surface area contributed by atoms with Gasteiger partial charge in [0.1, 0.15) is 0 Å². The second-order valence-electron chi connectivity index (χ2n) is 6.46.